The monoisotopic (exact) mass is 301 g/mol. The van der Waals surface area contributed by atoms with E-state index in [1.54, 1.807) is 12.1 Å². The van der Waals surface area contributed by atoms with E-state index in [0.29, 0.717) is 10.0 Å². The summed E-state index contributed by atoms with van der Waals surface area (Å²) in [5, 5.41) is 4.22. The first-order valence-corrected chi connectivity index (χ1v) is 7.04. The smallest absolute Gasteiger partial charge is 0.239 e. The van der Waals surface area contributed by atoms with Crippen molar-refractivity contribution in [1.29, 1.82) is 0 Å². The van der Waals surface area contributed by atoms with Gasteiger partial charge >= 0.3 is 0 Å². The summed E-state index contributed by atoms with van der Waals surface area (Å²) in [5.74, 6) is -0.361. The van der Waals surface area contributed by atoms with Gasteiger partial charge in [-0.25, -0.2) is 0 Å². The molecule has 6 heteroatoms. The Labute approximate surface area is 122 Å². The number of hydrogen-bond donors (Lipinski definition) is 2. The maximum atomic E-state index is 11.8. The molecule has 0 spiro atoms. The Morgan fingerprint density at radius 3 is 2.74 bits per heavy atom. The lowest BCUT2D eigenvalue weighted by Gasteiger charge is -2.28. The van der Waals surface area contributed by atoms with E-state index in [1.165, 1.54) is 0 Å². The van der Waals surface area contributed by atoms with Crippen LogP contribution in [0.1, 0.15) is 18.0 Å². The third kappa shape index (κ3) is 3.60. The number of benzene rings is 1. The molecule has 1 heterocycles. The van der Waals surface area contributed by atoms with Crippen LogP contribution in [0.15, 0.2) is 18.2 Å². The maximum Gasteiger partial charge on any atom is 0.239 e. The van der Waals surface area contributed by atoms with Crippen molar-refractivity contribution in [3.05, 3.63) is 33.8 Å². The summed E-state index contributed by atoms with van der Waals surface area (Å²) in [6.07, 6.45) is 0.991. The van der Waals surface area contributed by atoms with Crippen molar-refractivity contribution in [2.75, 3.05) is 26.2 Å². The quantitative estimate of drug-likeness (QED) is 0.895. The molecule has 3 N–H and O–H groups in total. The predicted octanol–water partition coefficient (Wildman–Crippen LogP) is 1.82. The van der Waals surface area contributed by atoms with Crippen molar-refractivity contribution in [3.8, 4) is 0 Å². The van der Waals surface area contributed by atoms with Crippen molar-refractivity contribution in [1.82, 2.24) is 10.2 Å². The van der Waals surface area contributed by atoms with Crippen LogP contribution in [-0.4, -0.2) is 37.0 Å². The highest BCUT2D eigenvalue weighted by molar-refractivity contribution is 6.42. The number of rotatable bonds is 3. The number of hydrogen-bond acceptors (Lipinski definition) is 3. The van der Waals surface area contributed by atoms with Crippen LogP contribution in [0.3, 0.4) is 0 Å². The fourth-order valence-corrected chi connectivity index (χ4v) is 2.67. The molecule has 0 radical (unpaired) electrons. The third-order valence-electron chi connectivity index (χ3n) is 3.27. The zero-order chi connectivity index (χ0) is 13.8. The van der Waals surface area contributed by atoms with Gasteiger partial charge in [0.25, 0.3) is 0 Å². The van der Waals surface area contributed by atoms with Gasteiger partial charge in [-0.15, -0.1) is 0 Å². The SMILES string of the molecule is NC(=O)C(c1ccc(Cl)c(Cl)c1)N1CCCNCC1. The first kappa shape index (κ1) is 14.6. The number of nitrogens with one attached hydrogen (secondary N) is 1. The first-order chi connectivity index (χ1) is 9.09. The summed E-state index contributed by atoms with van der Waals surface area (Å²) >= 11 is 11.9. The van der Waals surface area contributed by atoms with Crippen LogP contribution >= 0.6 is 23.2 Å². The lowest BCUT2D eigenvalue weighted by atomic mass is 10.0. The van der Waals surface area contributed by atoms with Gasteiger partial charge in [0, 0.05) is 19.6 Å². The molecule has 1 aromatic rings. The highest BCUT2D eigenvalue weighted by Gasteiger charge is 2.26. The normalized spacial score (nSPS) is 18.8. The van der Waals surface area contributed by atoms with E-state index in [9.17, 15) is 4.79 Å². The van der Waals surface area contributed by atoms with E-state index in [-0.39, 0.29) is 5.91 Å². The average Bonchev–Trinajstić information content (AvgIpc) is 2.62. The summed E-state index contributed by atoms with van der Waals surface area (Å²) in [4.78, 5) is 13.9. The molecule has 1 aliphatic heterocycles. The van der Waals surface area contributed by atoms with Crippen LogP contribution in [0.4, 0.5) is 0 Å². The average molecular weight is 302 g/mol. The van der Waals surface area contributed by atoms with Crippen LogP contribution < -0.4 is 11.1 Å². The minimum absolute atomic E-state index is 0.361. The van der Waals surface area contributed by atoms with E-state index in [2.05, 4.69) is 10.2 Å². The zero-order valence-electron chi connectivity index (χ0n) is 10.5. The molecular weight excluding hydrogens is 285 g/mol. The molecule has 1 aromatic carbocycles. The fourth-order valence-electron chi connectivity index (χ4n) is 2.36. The van der Waals surface area contributed by atoms with Gasteiger partial charge in [0.1, 0.15) is 6.04 Å². The highest BCUT2D eigenvalue weighted by atomic mass is 35.5. The minimum Gasteiger partial charge on any atom is -0.368 e. The van der Waals surface area contributed by atoms with Gasteiger partial charge in [0.2, 0.25) is 5.91 Å². The van der Waals surface area contributed by atoms with E-state index in [1.807, 2.05) is 6.07 Å². The molecule has 19 heavy (non-hydrogen) atoms. The minimum atomic E-state index is -0.449. The van der Waals surface area contributed by atoms with Gasteiger partial charge in [-0.05, 0) is 30.7 Å². The van der Waals surface area contributed by atoms with Gasteiger partial charge in [0.05, 0.1) is 10.0 Å². The second-order valence-corrected chi connectivity index (χ2v) is 5.43. The molecule has 1 aliphatic rings. The van der Waals surface area contributed by atoms with Crippen LogP contribution in [0.25, 0.3) is 0 Å². The van der Waals surface area contributed by atoms with Gasteiger partial charge in [-0.1, -0.05) is 29.3 Å². The molecule has 1 saturated heterocycles. The second kappa shape index (κ2) is 6.57. The number of primary amides is 1. The molecule has 0 aliphatic carbocycles. The second-order valence-electron chi connectivity index (χ2n) is 4.62. The Morgan fingerprint density at radius 2 is 2.05 bits per heavy atom. The molecule has 0 aromatic heterocycles. The van der Waals surface area contributed by atoms with E-state index < -0.39 is 6.04 Å². The maximum absolute atomic E-state index is 11.8. The number of nitrogens with zero attached hydrogens (tertiary/aromatic N) is 1. The summed E-state index contributed by atoms with van der Waals surface area (Å²) in [5.41, 5.74) is 6.36. The van der Waals surface area contributed by atoms with Crippen molar-refractivity contribution in [3.63, 3.8) is 0 Å². The highest BCUT2D eigenvalue weighted by Crippen LogP contribution is 2.28. The number of carbonyl (C=O) groups is 1. The number of carbonyl (C=O) groups excluding carboxylic acids is 1. The molecule has 1 atom stereocenters. The van der Waals surface area contributed by atoms with E-state index >= 15 is 0 Å². The zero-order valence-corrected chi connectivity index (χ0v) is 12.0. The third-order valence-corrected chi connectivity index (χ3v) is 4.01. The van der Waals surface area contributed by atoms with Crippen molar-refractivity contribution >= 4 is 29.1 Å². The Morgan fingerprint density at radius 1 is 1.26 bits per heavy atom. The van der Waals surface area contributed by atoms with Gasteiger partial charge < -0.3 is 11.1 Å². The molecule has 104 valence electrons. The molecule has 1 amide bonds. The Hall–Kier alpha value is -0.810. The summed E-state index contributed by atoms with van der Waals surface area (Å²) < 4.78 is 0. The van der Waals surface area contributed by atoms with E-state index in [4.69, 9.17) is 28.9 Å². The molecule has 0 saturated carbocycles. The molecular formula is C13H17Cl2N3O. The van der Waals surface area contributed by atoms with Gasteiger partial charge in [0.15, 0.2) is 0 Å². The van der Waals surface area contributed by atoms with E-state index in [0.717, 1.165) is 38.2 Å². The topological polar surface area (TPSA) is 58.4 Å². The van der Waals surface area contributed by atoms with Crippen LogP contribution in [-0.2, 0) is 4.79 Å². The summed E-state index contributed by atoms with van der Waals surface area (Å²) in [6.45, 7) is 3.43. The number of amides is 1. The lowest BCUT2D eigenvalue weighted by Crippen LogP contribution is -2.39. The van der Waals surface area contributed by atoms with Crippen molar-refractivity contribution < 1.29 is 4.79 Å². The fraction of sp³-hybridized carbons (Fsp3) is 0.462. The predicted molar refractivity (Wildman–Crippen MR) is 77.5 cm³/mol. The van der Waals surface area contributed by atoms with Crippen LogP contribution in [0, 0.1) is 0 Å². The lowest BCUT2D eigenvalue weighted by molar-refractivity contribution is -0.123. The Bertz CT molecular complexity index is 459. The van der Waals surface area contributed by atoms with Crippen LogP contribution in [0.2, 0.25) is 10.0 Å². The van der Waals surface area contributed by atoms with Gasteiger partial charge in [-0.3, -0.25) is 9.69 Å². The largest absolute Gasteiger partial charge is 0.368 e. The number of nitrogens with two attached hydrogens (primary N) is 1. The van der Waals surface area contributed by atoms with Crippen molar-refractivity contribution in [2.45, 2.75) is 12.5 Å². The molecule has 0 bridgehead atoms. The first-order valence-electron chi connectivity index (χ1n) is 6.28. The van der Waals surface area contributed by atoms with Crippen molar-refractivity contribution in [2.24, 2.45) is 5.73 Å². The summed E-state index contributed by atoms with van der Waals surface area (Å²) in [6, 6.07) is 4.78. The molecule has 4 nitrogen and oxygen atoms in total. The summed E-state index contributed by atoms with van der Waals surface area (Å²) in [7, 11) is 0. The molecule has 1 unspecified atom stereocenters. The molecule has 1 fully saturated rings. The Kier molecular flexibility index (Phi) is 5.05. The standard InChI is InChI=1S/C13H17Cl2N3O/c14-10-3-2-9(8-11(10)15)12(13(16)19)18-6-1-4-17-5-7-18/h2-3,8,12,17H,1,4-7H2,(H2,16,19). The molecule has 2 rings (SSSR count). The Balaban J connectivity index is 2.27. The van der Waals surface area contributed by atoms with Crippen LogP contribution in [0.5, 0.6) is 0 Å². The number of halogens is 2. The van der Waals surface area contributed by atoms with Gasteiger partial charge in [-0.2, -0.15) is 0 Å².